The Bertz CT molecular complexity index is 1620. The van der Waals surface area contributed by atoms with Crippen molar-refractivity contribution in [1.82, 2.24) is 10.6 Å². The first-order valence-electron chi connectivity index (χ1n) is 11.6. The summed E-state index contributed by atoms with van der Waals surface area (Å²) in [7, 11) is 1.54. The van der Waals surface area contributed by atoms with Crippen LogP contribution in [0.3, 0.4) is 0 Å². The molecule has 4 aromatic carbocycles. The van der Waals surface area contributed by atoms with Gasteiger partial charge in [-0.2, -0.15) is 0 Å². The number of benzene rings is 4. The molecule has 37 heavy (non-hydrogen) atoms. The largest absolute Gasteiger partial charge is 0.508 e. The molecule has 0 radical (unpaired) electrons. The van der Waals surface area contributed by atoms with Crippen molar-refractivity contribution in [2.75, 3.05) is 7.05 Å². The van der Waals surface area contributed by atoms with Crippen molar-refractivity contribution in [3.8, 4) is 28.2 Å². The van der Waals surface area contributed by atoms with Gasteiger partial charge in [-0.25, -0.2) is 4.39 Å². The zero-order chi connectivity index (χ0) is 25.9. The number of hydrogen-bond acceptors (Lipinski definition) is 4. The molecule has 0 aliphatic rings. The number of amides is 2. The summed E-state index contributed by atoms with van der Waals surface area (Å²) in [5, 5.41) is 16.0. The summed E-state index contributed by atoms with van der Waals surface area (Å²) >= 11 is 0. The number of furan rings is 1. The Balaban J connectivity index is 1.49. The van der Waals surface area contributed by atoms with Crippen molar-refractivity contribution >= 4 is 22.8 Å². The lowest BCUT2D eigenvalue weighted by Gasteiger charge is -2.09. The minimum atomic E-state index is -0.381. The maximum absolute atomic E-state index is 13.5. The van der Waals surface area contributed by atoms with Crippen molar-refractivity contribution < 1.29 is 23.5 Å². The average Bonchev–Trinajstić information content (AvgIpc) is 3.31. The van der Waals surface area contributed by atoms with E-state index in [1.54, 1.807) is 60.7 Å². The molecule has 1 aromatic heterocycles. The van der Waals surface area contributed by atoms with Gasteiger partial charge in [0, 0.05) is 35.7 Å². The molecule has 0 saturated carbocycles. The lowest BCUT2D eigenvalue weighted by molar-refractivity contribution is 0.0947. The lowest BCUT2D eigenvalue weighted by atomic mass is 9.99. The van der Waals surface area contributed by atoms with E-state index in [4.69, 9.17) is 4.42 Å². The van der Waals surface area contributed by atoms with Gasteiger partial charge in [0.2, 0.25) is 0 Å². The number of rotatable bonds is 6. The van der Waals surface area contributed by atoms with Crippen LogP contribution in [-0.2, 0) is 6.54 Å². The van der Waals surface area contributed by atoms with E-state index in [1.165, 1.54) is 19.2 Å². The predicted octanol–water partition coefficient (Wildman–Crippen LogP) is 5.90. The summed E-state index contributed by atoms with van der Waals surface area (Å²) in [6.45, 7) is 0.193. The van der Waals surface area contributed by atoms with Gasteiger partial charge in [-0.05, 0) is 65.7 Å². The Labute approximate surface area is 212 Å². The normalized spacial score (nSPS) is 10.9. The number of aromatic hydroxyl groups is 1. The quantitative estimate of drug-likeness (QED) is 0.274. The first-order valence-corrected chi connectivity index (χ1v) is 11.6. The minimum absolute atomic E-state index is 0.122. The SMILES string of the molecule is CNC(=O)c1c(-c2ccc(F)cc2)oc2ccc(-c3cccc(C(=O)NCc4ccccc4O)c3)cc12. The fourth-order valence-corrected chi connectivity index (χ4v) is 4.21. The molecule has 0 spiro atoms. The molecule has 0 unspecified atom stereocenters. The van der Waals surface area contributed by atoms with Crippen LogP contribution in [0.5, 0.6) is 5.75 Å². The highest BCUT2D eigenvalue weighted by Gasteiger charge is 2.22. The number of carbonyl (C=O) groups is 2. The molecule has 5 aromatic rings. The fourth-order valence-electron chi connectivity index (χ4n) is 4.21. The molecule has 2 amide bonds. The molecule has 0 saturated heterocycles. The van der Waals surface area contributed by atoms with Gasteiger partial charge in [0.15, 0.2) is 0 Å². The van der Waals surface area contributed by atoms with Gasteiger partial charge in [0.25, 0.3) is 11.8 Å². The van der Waals surface area contributed by atoms with Crippen LogP contribution < -0.4 is 10.6 Å². The van der Waals surface area contributed by atoms with E-state index >= 15 is 0 Å². The highest BCUT2D eigenvalue weighted by molar-refractivity contribution is 6.11. The third-order valence-corrected chi connectivity index (χ3v) is 6.14. The molecule has 1 heterocycles. The summed E-state index contributed by atoms with van der Waals surface area (Å²) < 4.78 is 19.5. The van der Waals surface area contributed by atoms with E-state index in [-0.39, 0.29) is 29.9 Å². The van der Waals surface area contributed by atoms with E-state index in [0.29, 0.717) is 39.0 Å². The molecular formula is C30H23FN2O4. The Morgan fingerprint density at radius 2 is 1.57 bits per heavy atom. The van der Waals surface area contributed by atoms with Crippen molar-refractivity contribution in [2.45, 2.75) is 6.54 Å². The molecule has 0 fully saturated rings. The minimum Gasteiger partial charge on any atom is -0.508 e. The van der Waals surface area contributed by atoms with Gasteiger partial charge in [0.1, 0.15) is 22.9 Å². The van der Waals surface area contributed by atoms with Gasteiger partial charge in [-0.1, -0.05) is 36.4 Å². The summed E-state index contributed by atoms with van der Waals surface area (Å²) in [5.41, 5.74) is 4.10. The van der Waals surface area contributed by atoms with Crippen LogP contribution in [0.2, 0.25) is 0 Å². The maximum Gasteiger partial charge on any atom is 0.255 e. The number of nitrogens with one attached hydrogen (secondary N) is 2. The topological polar surface area (TPSA) is 91.6 Å². The van der Waals surface area contributed by atoms with Gasteiger partial charge in [-0.3, -0.25) is 9.59 Å². The van der Waals surface area contributed by atoms with Crippen LogP contribution in [0.15, 0.2) is 95.4 Å². The number of carbonyl (C=O) groups excluding carboxylic acids is 2. The summed E-state index contributed by atoms with van der Waals surface area (Å²) in [6, 6.07) is 25.2. The van der Waals surface area contributed by atoms with Crippen LogP contribution >= 0.6 is 0 Å². The Kier molecular flexibility index (Phi) is 6.43. The second-order valence-corrected chi connectivity index (χ2v) is 8.50. The number of para-hydroxylation sites is 1. The maximum atomic E-state index is 13.5. The molecule has 0 bridgehead atoms. The van der Waals surface area contributed by atoms with Crippen LogP contribution in [0.1, 0.15) is 26.3 Å². The van der Waals surface area contributed by atoms with E-state index < -0.39 is 0 Å². The van der Waals surface area contributed by atoms with Gasteiger partial charge in [-0.15, -0.1) is 0 Å². The van der Waals surface area contributed by atoms with Crippen LogP contribution in [0.25, 0.3) is 33.4 Å². The van der Waals surface area contributed by atoms with Crippen LogP contribution in [0.4, 0.5) is 4.39 Å². The molecule has 0 aliphatic heterocycles. The van der Waals surface area contributed by atoms with E-state index in [1.807, 2.05) is 18.2 Å². The van der Waals surface area contributed by atoms with Crippen molar-refractivity contribution in [3.05, 3.63) is 114 Å². The van der Waals surface area contributed by atoms with E-state index in [2.05, 4.69) is 10.6 Å². The van der Waals surface area contributed by atoms with E-state index in [0.717, 1.165) is 11.1 Å². The Morgan fingerprint density at radius 3 is 2.32 bits per heavy atom. The Hall–Kier alpha value is -4.91. The zero-order valence-electron chi connectivity index (χ0n) is 19.9. The average molecular weight is 495 g/mol. The molecule has 6 nitrogen and oxygen atoms in total. The second kappa shape index (κ2) is 9.99. The molecule has 3 N–H and O–H groups in total. The predicted molar refractivity (Wildman–Crippen MR) is 140 cm³/mol. The van der Waals surface area contributed by atoms with Crippen molar-refractivity contribution in [1.29, 1.82) is 0 Å². The molecule has 184 valence electrons. The van der Waals surface area contributed by atoms with Crippen LogP contribution in [0, 0.1) is 5.82 Å². The van der Waals surface area contributed by atoms with E-state index in [9.17, 15) is 19.1 Å². The third kappa shape index (κ3) is 4.79. The zero-order valence-corrected chi connectivity index (χ0v) is 19.9. The monoisotopic (exact) mass is 494 g/mol. The number of phenols is 1. The number of fused-ring (bicyclic) bond motifs is 1. The summed E-state index contributed by atoms with van der Waals surface area (Å²) in [5.74, 6) is -0.513. The molecular weight excluding hydrogens is 471 g/mol. The molecule has 7 heteroatoms. The lowest BCUT2D eigenvalue weighted by Crippen LogP contribution is -2.22. The number of halogens is 1. The molecule has 0 aliphatic carbocycles. The first-order chi connectivity index (χ1) is 17.9. The fraction of sp³-hybridized carbons (Fsp3) is 0.0667. The molecule has 5 rings (SSSR count). The van der Waals surface area contributed by atoms with Crippen molar-refractivity contribution in [3.63, 3.8) is 0 Å². The second-order valence-electron chi connectivity index (χ2n) is 8.50. The Morgan fingerprint density at radius 1 is 0.838 bits per heavy atom. The molecule has 0 atom stereocenters. The van der Waals surface area contributed by atoms with Gasteiger partial charge in [0.05, 0.1) is 5.56 Å². The van der Waals surface area contributed by atoms with Crippen molar-refractivity contribution in [2.24, 2.45) is 0 Å². The summed E-state index contributed by atoms with van der Waals surface area (Å²) in [4.78, 5) is 25.6. The highest BCUT2D eigenvalue weighted by Crippen LogP contribution is 2.36. The smallest absolute Gasteiger partial charge is 0.255 e. The van der Waals surface area contributed by atoms with Gasteiger partial charge < -0.3 is 20.2 Å². The first kappa shape index (κ1) is 23.8. The third-order valence-electron chi connectivity index (χ3n) is 6.14. The summed E-state index contributed by atoms with van der Waals surface area (Å²) in [6.07, 6.45) is 0. The number of phenolic OH excluding ortho intramolecular Hbond substituents is 1. The highest BCUT2D eigenvalue weighted by atomic mass is 19.1. The number of hydrogen-bond donors (Lipinski definition) is 3. The van der Waals surface area contributed by atoms with Crippen LogP contribution in [-0.4, -0.2) is 24.0 Å². The van der Waals surface area contributed by atoms with Gasteiger partial charge >= 0.3 is 0 Å². The standard InChI is InChI=1S/C30H23FN2O4/c1-32-30(36)27-24-16-20(11-14-26(24)37-28(27)18-9-12-23(31)13-10-18)19-6-4-7-21(15-19)29(35)33-17-22-5-2-3-8-25(22)34/h2-16,34H,17H2,1H3,(H,32,36)(H,33,35).